The standard InChI is InChI=1S/C18H21N7O4S/c26-13-11(7-30-18-19-3-1-4-20-18)29-17(14(13)27)25-9-23-12-15(21-8-22-16(12)25)24-10-2-5-28-6-10/h1,3-4,8-11,13-14,17,26-27H,2,5-7H2,(H,21,22,24)/t10-,11+,13+,14+,17+/m0/s1. The van der Waals surface area contributed by atoms with Crippen molar-refractivity contribution in [1.29, 1.82) is 0 Å². The van der Waals surface area contributed by atoms with Crippen LogP contribution in [0.4, 0.5) is 5.82 Å². The summed E-state index contributed by atoms with van der Waals surface area (Å²) in [5.74, 6) is 1.00. The Morgan fingerprint density at radius 1 is 1.13 bits per heavy atom. The van der Waals surface area contributed by atoms with E-state index in [-0.39, 0.29) is 6.04 Å². The van der Waals surface area contributed by atoms with Crippen LogP contribution in [0.3, 0.4) is 0 Å². The number of anilines is 1. The van der Waals surface area contributed by atoms with Gasteiger partial charge < -0.3 is 25.0 Å². The number of hydrogen-bond acceptors (Lipinski definition) is 11. The maximum absolute atomic E-state index is 10.6. The number of aliphatic hydroxyl groups excluding tert-OH is 2. The summed E-state index contributed by atoms with van der Waals surface area (Å²) in [7, 11) is 0. The highest BCUT2D eigenvalue weighted by molar-refractivity contribution is 7.99. The molecule has 0 saturated carbocycles. The van der Waals surface area contributed by atoms with Gasteiger partial charge in [0.2, 0.25) is 0 Å². The van der Waals surface area contributed by atoms with Gasteiger partial charge in [0, 0.05) is 24.8 Å². The molecule has 0 aliphatic carbocycles. The number of ether oxygens (including phenoxy) is 2. The maximum atomic E-state index is 10.6. The van der Waals surface area contributed by atoms with Crippen molar-refractivity contribution in [1.82, 2.24) is 29.5 Å². The molecule has 0 unspecified atom stereocenters. The van der Waals surface area contributed by atoms with E-state index < -0.39 is 24.5 Å². The molecule has 2 aliphatic rings. The Kier molecular flexibility index (Phi) is 5.48. The fourth-order valence-electron chi connectivity index (χ4n) is 3.60. The summed E-state index contributed by atoms with van der Waals surface area (Å²) in [5, 5.41) is 25.0. The summed E-state index contributed by atoms with van der Waals surface area (Å²) in [6, 6.07) is 1.91. The molecule has 3 aromatic heterocycles. The van der Waals surface area contributed by atoms with Gasteiger partial charge in [-0.3, -0.25) is 4.57 Å². The van der Waals surface area contributed by atoms with E-state index in [9.17, 15) is 10.2 Å². The molecule has 11 nitrogen and oxygen atoms in total. The third-order valence-corrected chi connectivity index (χ3v) is 6.12. The van der Waals surface area contributed by atoms with Gasteiger partial charge in [-0.05, 0) is 12.5 Å². The zero-order chi connectivity index (χ0) is 20.5. The first-order chi connectivity index (χ1) is 14.7. The van der Waals surface area contributed by atoms with Crippen LogP contribution in [0.2, 0.25) is 0 Å². The molecule has 2 fully saturated rings. The third kappa shape index (κ3) is 3.72. The number of fused-ring (bicyclic) bond motifs is 1. The summed E-state index contributed by atoms with van der Waals surface area (Å²) < 4.78 is 13.0. The molecule has 5 rings (SSSR count). The quantitative estimate of drug-likeness (QED) is 0.365. The Hall–Kier alpha value is -2.38. The van der Waals surface area contributed by atoms with E-state index in [4.69, 9.17) is 9.47 Å². The number of thioether (sulfide) groups is 1. The molecule has 0 bridgehead atoms. The predicted molar refractivity (Wildman–Crippen MR) is 107 cm³/mol. The van der Waals surface area contributed by atoms with Crippen LogP contribution in [-0.2, 0) is 9.47 Å². The number of nitrogens with zero attached hydrogens (tertiary/aromatic N) is 6. The molecule has 0 spiro atoms. The van der Waals surface area contributed by atoms with Crippen molar-refractivity contribution < 1.29 is 19.7 Å². The van der Waals surface area contributed by atoms with E-state index in [0.717, 1.165) is 6.42 Å². The van der Waals surface area contributed by atoms with Crippen molar-refractivity contribution in [3.05, 3.63) is 31.1 Å². The van der Waals surface area contributed by atoms with Crippen LogP contribution in [0.1, 0.15) is 12.6 Å². The summed E-state index contributed by atoms with van der Waals surface area (Å²) in [6.45, 7) is 1.33. The van der Waals surface area contributed by atoms with E-state index in [2.05, 4.69) is 30.2 Å². The summed E-state index contributed by atoms with van der Waals surface area (Å²) >= 11 is 1.36. The lowest BCUT2D eigenvalue weighted by Crippen LogP contribution is -2.32. The number of nitrogens with one attached hydrogen (secondary N) is 1. The molecule has 2 saturated heterocycles. The summed E-state index contributed by atoms with van der Waals surface area (Å²) in [4.78, 5) is 21.3. The molecule has 3 N–H and O–H groups in total. The largest absolute Gasteiger partial charge is 0.387 e. The van der Waals surface area contributed by atoms with Crippen LogP contribution in [-0.4, -0.2) is 83.0 Å². The molecular weight excluding hydrogens is 410 g/mol. The van der Waals surface area contributed by atoms with Crippen molar-refractivity contribution in [2.75, 3.05) is 24.3 Å². The van der Waals surface area contributed by atoms with Gasteiger partial charge in [0.25, 0.3) is 0 Å². The van der Waals surface area contributed by atoms with Crippen LogP contribution in [0.15, 0.2) is 36.3 Å². The Morgan fingerprint density at radius 2 is 2.00 bits per heavy atom. The van der Waals surface area contributed by atoms with Gasteiger partial charge in [0.15, 0.2) is 28.4 Å². The molecule has 12 heteroatoms. The maximum Gasteiger partial charge on any atom is 0.187 e. The molecule has 2 aliphatic heterocycles. The normalized spacial score (nSPS) is 28.9. The highest BCUT2D eigenvalue weighted by Crippen LogP contribution is 2.34. The number of aliphatic hydroxyl groups is 2. The fraction of sp³-hybridized carbons (Fsp3) is 0.500. The van der Waals surface area contributed by atoms with Crippen molar-refractivity contribution in [2.45, 2.75) is 42.2 Å². The minimum atomic E-state index is -1.13. The van der Waals surface area contributed by atoms with E-state index in [0.29, 0.717) is 41.1 Å². The third-order valence-electron chi connectivity index (χ3n) is 5.16. The molecule has 30 heavy (non-hydrogen) atoms. The zero-order valence-electron chi connectivity index (χ0n) is 15.9. The van der Waals surface area contributed by atoms with Crippen LogP contribution in [0.25, 0.3) is 11.2 Å². The lowest BCUT2D eigenvalue weighted by molar-refractivity contribution is -0.0289. The molecular formula is C18H21N7O4S. The number of rotatable bonds is 6. The van der Waals surface area contributed by atoms with Crippen molar-refractivity contribution in [3.8, 4) is 0 Å². The summed E-state index contributed by atoms with van der Waals surface area (Å²) in [5.41, 5.74) is 1.09. The Labute approximate surface area is 175 Å². The SMILES string of the molecule is O[C@@H]1[C@H](O)[C@@H](CSc2ncccn2)O[C@H]1n1cnc2c(N[C@H]3CCOC3)ncnc21. The smallest absolute Gasteiger partial charge is 0.187 e. The lowest BCUT2D eigenvalue weighted by atomic mass is 10.1. The van der Waals surface area contributed by atoms with E-state index in [1.807, 2.05) is 0 Å². The number of hydrogen-bond donors (Lipinski definition) is 3. The fourth-order valence-corrected chi connectivity index (χ4v) is 4.46. The number of imidazole rings is 1. The summed E-state index contributed by atoms with van der Waals surface area (Å²) in [6.07, 6.45) is 3.60. The average molecular weight is 431 g/mol. The van der Waals surface area contributed by atoms with Crippen LogP contribution in [0, 0.1) is 0 Å². The zero-order valence-corrected chi connectivity index (χ0v) is 16.7. The van der Waals surface area contributed by atoms with E-state index >= 15 is 0 Å². The van der Waals surface area contributed by atoms with Gasteiger partial charge in [-0.15, -0.1) is 0 Å². The predicted octanol–water partition coefficient (Wildman–Crippen LogP) is 0.229. The second kappa shape index (κ2) is 8.40. The van der Waals surface area contributed by atoms with Gasteiger partial charge in [0.05, 0.1) is 25.1 Å². The van der Waals surface area contributed by atoms with Crippen molar-refractivity contribution in [3.63, 3.8) is 0 Å². The Balaban J connectivity index is 1.34. The topological polar surface area (TPSA) is 140 Å². The Bertz CT molecular complexity index is 1000. The Morgan fingerprint density at radius 3 is 2.80 bits per heavy atom. The van der Waals surface area contributed by atoms with Gasteiger partial charge in [-0.1, -0.05) is 11.8 Å². The van der Waals surface area contributed by atoms with Crippen molar-refractivity contribution >= 4 is 28.7 Å². The monoisotopic (exact) mass is 431 g/mol. The van der Waals surface area contributed by atoms with Gasteiger partial charge in [-0.2, -0.15) is 0 Å². The molecule has 0 aromatic carbocycles. The lowest BCUT2D eigenvalue weighted by Gasteiger charge is -2.17. The second-order valence-corrected chi connectivity index (χ2v) is 8.13. The van der Waals surface area contributed by atoms with E-state index in [1.54, 1.807) is 29.4 Å². The van der Waals surface area contributed by atoms with E-state index in [1.165, 1.54) is 18.1 Å². The number of aromatic nitrogens is 6. The van der Waals surface area contributed by atoms with Gasteiger partial charge in [0.1, 0.15) is 18.5 Å². The minimum absolute atomic E-state index is 0.171. The molecule has 158 valence electrons. The molecule has 3 aromatic rings. The first-order valence-electron chi connectivity index (χ1n) is 9.64. The molecule has 5 atom stereocenters. The minimum Gasteiger partial charge on any atom is -0.387 e. The van der Waals surface area contributed by atoms with Gasteiger partial charge in [-0.25, -0.2) is 24.9 Å². The second-order valence-electron chi connectivity index (χ2n) is 7.14. The average Bonchev–Trinajstić information content (AvgIpc) is 3.49. The van der Waals surface area contributed by atoms with Crippen LogP contribution < -0.4 is 5.32 Å². The van der Waals surface area contributed by atoms with Crippen molar-refractivity contribution in [2.24, 2.45) is 0 Å². The highest BCUT2D eigenvalue weighted by atomic mass is 32.2. The first-order valence-corrected chi connectivity index (χ1v) is 10.6. The highest BCUT2D eigenvalue weighted by Gasteiger charge is 2.44. The molecule has 0 radical (unpaired) electrons. The first kappa shape index (κ1) is 19.6. The van der Waals surface area contributed by atoms with Crippen LogP contribution >= 0.6 is 11.8 Å². The van der Waals surface area contributed by atoms with Gasteiger partial charge >= 0.3 is 0 Å². The molecule has 0 amide bonds. The van der Waals surface area contributed by atoms with Crippen LogP contribution in [0.5, 0.6) is 0 Å². The molecule has 5 heterocycles.